The van der Waals surface area contributed by atoms with Crippen molar-refractivity contribution in [3.63, 3.8) is 0 Å². The number of likely N-dealkylation sites (tertiary alicyclic amines) is 1. The van der Waals surface area contributed by atoms with E-state index in [0.717, 1.165) is 11.6 Å². The van der Waals surface area contributed by atoms with Crippen LogP contribution >= 0.6 is 0 Å². The summed E-state index contributed by atoms with van der Waals surface area (Å²) in [7, 11) is 3.39. The van der Waals surface area contributed by atoms with Crippen molar-refractivity contribution in [3.8, 4) is 6.07 Å². The van der Waals surface area contributed by atoms with Crippen molar-refractivity contribution in [3.05, 3.63) is 65.0 Å². The molecule has 2 aliphatic heterocycles. The predicted molar refractivity (Wildman–Crippen MR) is 124 cm³/mol. The Labute approximate surface area is 202 Å². The molecule has 35 heavy (non-hydrogen) atoms. The second kappa shape index (κ2) is 9.50. The number of nitrogens with zero attached hydrogens (tertiary/aromatic N) is 4. The van der Waals surface area contributed by atoms with E-state index in [-0.39, 0.29) is 23.1 Å². The predicted octanol–water partition coefficient (Wildman–Crippen LogP) is 4.52. The van der Waals surface area contributed by atoms with Crippen molar-refractivity contribution in [2.45, 2.75) is 25.6 Å². The number of carbonyl (C=O) groups excluding carboxylic acids is 1. The van der Waals surface area contributed by atoms with Gasteiger partial charge in [0, 0.05) is 44.8 Å². The second-order valence-corrected chi connectivity index (χ2v) is 9.77. The maximum atomic E-state index is 13.6. The molecule has 1 atom stereocenters. The molecule has 4 rings (SSSR count). The number of anilines is 1. The van der Waals surface area contributed by atoms with Gasteiger partial charge in [0.15, 0.2) is 0 Å². The van der Waals surface area contributed by atoms with Gasteiger partial charge in [-0.1, -0.05) is 12.1 Å². The number of piperidine rings is 1. The first-order chi connectivity index (χ1) is 16.5. The molecule has 0 N–H and O–H groups in total. The lowest BCUT2D eigenvalue weighted by Gasteiger charge is -2.42. The summed E-state index contributed by atoms with van der Waals surface area (Å²) in [5, 5.41) is 9.12. The van der Waals surface area contributed by atoms with Gasteiger partial charge in [0.2, 0.25) is 5.91 Å². The highest BCUT2D eigenvalue weighted by Gasteiger charge is 2.51. The second-order valence-electron chi connectivity index (χ2n) is 9.77. The van der Waals surface area contributed by atoms with Gasteiger partial charge in [-0.2, -0.15) is 18.4 Å². The van der Waals surface area contributed by atoms with Crippen molar-refractivity contribution in [2.24, 2.45) is 11.3 Å². The molecule has 2 heterocycles. The van der Waals surface area contributed by atoms with Gasteiger partial charge in [0.1, 0.15) is 5.82 Å². The van der Waals surface area contributed by atoms with Gasteiger partial charge in [0.25, 0.3) is 0 Å². The van der Waals surface area contributed by atoms with Crippen molar-refractivity contribution in [1.29, 1.82) is 5.26 Å². The average molecular weight is 489 g/mol. The summed E-state index contributed by atoms with van der Waals surface area (Å²) < 4.78 is 54.2. The monoisotopic (exact) mass is 488 g/mol. The van der Waals surface area contributed by atoms with E-state index in [2.05, 4.69) is 4.90 Å². The zero-order valence-electron chi connectivity index (χ0n) is 19.8. The lowest BCUT2D eigenvalue weighted by molar-refractivity contribution is -0.138. The Bertz CT molecular complexity index is 1130. The maximum Gasteiger partial charge on any atom is 0.417 e. The molecule has 0 radical (unpaired) electrons. The quantitative estimate of drug-likeness (QED) is 0.594. The first kappa shape index (κ1) is 25.0. The van der Waals surface area contributed by atoms with Crippen LogP contribution in [0.2, 0.25) is 0 Å². The highest BCUT2D eigenvalue weighted by molar-refractivity contribution is 5.81. The number of hydrogen-bond acceptors (Lipinski definition) is 4. The Kier molecular flexibility index (Phi) is 6.78. The number of benzene rings is 2. The van der Waals surface area contributed by atoms with Gasteiger partial charge in [0.05, 0.1) is 23.1 Å². The largest absolute Gasteiger partial charge is 0.417 e. The molecule has 186 valence electrons. The third-order valence-corrected chi connectivity index (χ3v) is 7.33. The van der Waals surface area contributed by atoms with Crippen LogP contribution in [0, 0.1) is 28.5 Å². The lowest BCUT2D eigenvalue weighted by Crippen LogP contribution is -2.48. The Hall–Kier alpha value is -3.12. The van der Waals surface area contributed by atoms with E-state index in [0.29, 0.717) is 51.3 Å². The van der Waals surface area contributed by atoms with Crippen LogP contribution in [-0.4, -0.2) is 56.0 Å². The number of alkyl halides is 3. The third-order valence-electron chi connectivity index (χ3n) is 7.33. The molecule has 2 aromatic carbocycles. The third kappa shape index (κ3) is 5.13. The molecule has 2 fully saturated rings. The Morgan fingerprint density at radius 1 is 1.17 bits per heavy atom. The van der Waals surface area contributed by atoms with E-state index >= 15 is 0 Å². The minimum Gasteiger partial charge on any atom is -0.370 e. The van der Waals surface area contributed by atoms with Crippen molar-refractivity contribution in [2.75, 3.05) is 45.2 Å². The SMILES string of the molecule is CN(C)C(=O)C1CN(c2ccc(C#N)c(C(F)(F)F)c2)CC12CCN(Cc1cccc(F)c1)CC2. The summed E-state index contributed by atoms with van der Waals surface area (Å²) in [6.45, 7) is 2.82. The standard InChI is InChI=1S/C26H28F4N4O/c1-32(2)24(35)23-16-34(21-7-6-19(14-31)22(13-21)26(28,29)30)17-25(23)8-10-33(11-9-25)15-18-4-3-5-20(27)12-18/h3-7,12-13,23H,8-11,15-17H2,1-2H3. The van der Waals surface area contributed by atoms with E-state index < -0.39 is 17.3 Å². The summed E-state index contributed by atoms with van der Waals surface area (Å²) in [6.07, 6.45) is -3.21. The number of amides is 1. The first-order valence-electron chi connectivity index (χ1n) is 11.6. The van der Waals surface area contributed by atoms with Crippen LogP contribution in [0.5, 0.6) is 0 Å². The topological polar surface area (TPSA) is 50.6 Å². The van der Waals surface area contributed by atoms with Crippen LogP contribution in [0.4, 0.5) is 23.2 Å². The molecule has 9 heteroatoms. The smallest absolute Gasteiger partial charge is 0.370 e. The van der Waals surface area contributed by atoms with Crippen LogP contribution in [0.3, 0.4) is 0 Å². The fraction of sp³-hybridized carbons (Fsp3) is 0.462. The molecule has 2 aromatic rings. The van der Waals surface area contributed by atoms with Gasteiger partial charge >= 0.3 is 6.18 Å². The first-order valence-corrected chi connectivity index (χ1v) is 11.6. The van der Waals surface area contributed by atoms with E-state index in [9.17, 15) is 22.4 Å². The van der Waals surface area contributed by atoms with Crippen LogP contribution in [0.1, 0.15) is 29.5 Å². The van der Waals surface area contributed by atoms with Crippen molar-refractivity contribution < 1.29 is 22.4 Å². The molecule has 1 spiro atoms. The van der Waals surface area contributed by atoms with Gasteiger partial charge in [-0.15, -0.1) is 0 Å². The van der Waals surface area contributed by atoms with Gasteiger partial charge in [-0.3, -0.25) is 9.69 Å². The fourth-order valence-corrected chi connectivity index (χ4v) is 5.43. The van der Waals surface area contributed by atoms with Crippen LogP contribution in [0.15, 0.2) is 42.5 Å². The number of rotatable bonds is 4. The molecule has 0 bridgehead atoms. The number of nitriles is 1. The maximum absolute atomic E-state index is 13.6. The van der Waals surface area contributed by atoms with Crippen LogP contribution < -0.4 is 4.90 Å². The van der Waals surface area contributed by atoms with Gasteiger partial charge in [-0.05, 0) is 61.8 Å². The molecular formula is C26H28F4N4O. The van der Waals surface area contributed by atoms with E-state index in [1.165, 1.54) is 24.3 Å². The van der Waals surface area contributed by atoms with E-state index in [1.54, 1.807) is 31.1 Å². The van der Waals surface area contributed by atoms with Crippen molar-refractivity contribution >= 4 is 11.6 Å². The molecule has 0 aliphatic carbocycles. The molecular weight excluding hydrogens is 460 g/mol. The summed E-state index contributed by atoms with van der Waals surface area (Å²) in [5.74, 6) is -0.658. The molecule has 0 aromatic heterocycles. The highest BCUT2D eigenvalue weighted by Crippen LogP contribution is 2.47. The van der Waals surface area contributed by atoms with Crippen LogP contribution in [-0.2, 0) is 17.5 Å². The van der Waals surface area contributed by atoms with E-state index in [4.69, 9.17) is 5.26 Å². The van der Waals surface area contributed by atoms with Crippen LogP contribution in [0.25, 0.3) is 0 Å². The Balaban J connectivity index is 1.57. The normalized spacial score (nSPS) is 20.1. The number of halogens is 4. The summed E-state index contributed by atoms with van der Waals surface area (Å²) in [4.78, 5) is 18.8. The summed E-state index contributed by atoms with van der Waals surface area (Å²) in [5.41, 5.74) is -0.494. The molecule has 2 aliphatic rings. The molecule has 0 saturated carbocycles. The fourth-order valence-electron chi connectivity index (χ4n) is 5.43. The number of hydrogen-bond donors (Lipinski definition) is 0. The number of carbonyl (C=O) groups is 1. The minimum atomic E-state index is -4.64. The molecule has 5 nitrogen and oxygen atoms in total. The van der Waals surface area contributed by atoms with E-state index in [1.807, 2.05) is 11.0 Å². The molecule has 1 unspecified atom stereocenters. The average Bonchev–Trinajstić information content (AvgIpc) is 3.18. The minimum absolute atomic E-state index is 0.0317. The Morgan fingerprint density at radius 3 is 2.49 bits per heavy atom. The van der Waals surface area contributed by atoms with Gasteiger partial charge in [-0.25, -0.2) is 4.39 Å². The zero-order valence-corrected chi connectivity index (χ0v) is 19.8. The Morgan fingerprint density at radius 2 is 1.89 bits per heavy atom. The zero-order chi connectivity index (χ0) is 25.4. The molecule has 2 saturated heterocycles. The summed E-state index contributed by atoms with van der Waals surface area (Å²) in [6, 6.07) is 11.9. The highest BCUT2D eigenvalue weighted by atomic mass is 19.4. The summed E-state index contributed by atoms with van der Waals surface area (Å²) >= 11 is 0. The molecule has 1 amide bonds. The lowest BCUT2D eigenvalue weighted by atomic mass is 9.70. The van der Waals surface area contributed by atoms with Crippen molar-refractivity contribution in [1.82, 2.24) is 9.80 Å². The van der Waals surface area contributed by atoms with Gasteiger partial charge < -0.3 is 9.80 Å².